The Labute approximate surface area is 82.3 Å². The van der Waals surface area contributed by atoms with Gasteiger partial charge in [0, 0.05) is 28.9 Å². The van der Waals surface area contributed by atoms with Crippen LogP contribution in [0.1, 0.15) is 35.7 Å². The van der Waals surface area contributed by atoms with Crippen molar-refractivity contribution in [1.82, 2.24) is 0 Å². The monoisotopic (exact) mass is 188 g/mol. The van der Waals surface area contributed by atoms with E-state index >= 15 is 0 Å². The van der Waals surface area contributed by atoms with Crippen LogP contribution in [0.25, 0.3) is 0 Å². The average molecular weight is 188 g/mol. The fourth-order valence-corrected chi connectivity index (χ4v) is 2.57. The quantitative estimate of drug-likeness (QED) is 0.611. The number of rotatable bonds is 0. The first-order valence-corrected chi connectivity index (χ1v) is 4.86. The highest BCUT2D eigenvalue weighted by atomic mass is 16.1. The minimum atomic E-state index is -0.00600. The fourth-order valence-electron chi connectivity index (χ4n) is 2.57. The van der Waals surface area contributed by atoms with Crippen molar-refractivity contribution in [3.8, 4) is 0 Å². The molecule has 1 aliphatic heterocycles. The zero-order valence-electron chi connectivity index (χ0n) is 8.05. The molecule has 1 aromatic rings. The molecule has 2 aliphatic rings. The molecular formula is C11H12N2O. The number of nitrogens with two attached hydrogens (primary N) is 1. The van der Waals surface area contributed by atoms with Crippen LogP contribution in [0.5, 0.6) is 0 Å². The van der Waals surface area contributed by atoms with Crippen LogP contribution in [-0.4, -0.2) is 5.78 Å². The largest absolute Gasteiger partial charge is 0.398 e. The number of ketones is 1. The van der Waals surface area contributed by atoms with Gasteiger partial charge in [0.15, 0.2) is 5.78 Å². The number of carbonyl (C=O) groups excluding carboxylic acids is 1. The van der Waals surface area contributed by atoms with Crippen molar-refractivity contribution < 1.29 is 4.79 Å². The summed E-state index contributed by atoms with van der Waals surface area (Å²) >= 11 is 0. The van der Waals surface area contributed by atoms with E-state index in [1.165, 1.54) is 0 Å². The standard InChI is InChI=1S/C11H12N2O/c1-11-5-4-8(14)9-6(12)2-3-7(13-11)10(9)11/h2-3,13H,4-5,12H2,1H3. The number of nitrogen functional groups attached to an aromatic ring is 1. The maximum absolute atomic E-state index is 11.7. The van der Waals surface area contributed by atoms with Gasteiger partial charge in [0.1, 0.15) is 0 Å². The third-order valence-electron chi connectivity index (χ3n) is 3.33. The summed E-state index contributed by atoms with van der Waals surface area (Å²) in [5.41, 5.74) is 9.42. The fraction of sp³-hybridized carbons (Fsp3) is 0.364. The lowest BCUT2D eigenvalue weighted by molar-refractivity contribution is 0.0955. The molecule has 3 rings (SSSR count). The molecule has 14 heavy (non-hydrogen) atoms. The second kappa shape index (κ2) is 2.11. The Balaban J connectivity index is 2.34. The van der Waals surface area contributed by atoms with Gasteiger partial charge < -0.3 is 11.1 Å². The summed E-state index contributed by atoms with van der Waals surface area (Å²) in [4.78, 5) is 11.7. The van der Waals surface area contributed by atoms with E-state index in [1.54, 1.807) is 0 Å². The predicted molar refractivity (Wildman–Crippen MR) is 55.4 cm³/mol. The highest BCUT2D eigenvalue weighted by molar-refractivity contribution is 6.06. The van der Waals surface area contributed by atoms with E-state index in [-0.39, 0.29) is 11.3 Å². The van der Waals surface area contributed by atoms with E-state index in [0.717, 1.165) is 23.2 Å². The van der Waals surface area contributed by atoms with Gasteiger partial charge in [0.2, 0.25) is 0 Å². The lowest BCUT2D eigenvalue weighted by atomic mass is 9.70. The molecule has 0 saturated heterocycles. The van der Waals surface area contributed by atoms with Crippen LogP contribution in [0, 0.1) is 0 Å². The number of nitrogens with one attached hydrogen (secondary N) is 1. The molecule has 0 amide bonds. The van der Waals surface area contributed by atoms with Crippen LogP contribution in [0.3, 0.4) is 0 Å². The molecule has 72 valence electrons. The van der Waals surface area contributed by atoms with Crippen molar-refractivity contribution in [2.75, 3.05) is 11.1 Å². The summed E-state index contributed by atoms with van der Waals surface area (Å²) < 4.78 is 0. The van der Waals surface area contributed by atoms with Gasteiger partial charge in [-0.1, -0.05) is 0 Å². The van der Waals surface area contributed by atoms with Crippen LogP contribution >= 0.6 is 0 Å². The van der Waals surface area contributed by atoms with E-state index in [1.807, 2.05) is 12.1 Å². The highest BCUT2D eigenvalue weighted by Gasteiger charge is 2.45. The zero-order valence-corrected chi connectivity index (χ0v) is 8.05. The average Bonchev–Trinajstić information content (AvgIpc) is 2.14. The van der Waals surface area contributed by atoms with Crippen molar-refractivity contribution in [3.05, 3.63) is 23.3 Å². The minimum Gasteiger partial charge on any atom is -0.398 e. The molecule has 0 spiro atoms. The maximum atomic E-state index is 11.7. The molecule has 1 atom stereocenters. The van der Waals surface area contributed by atoms with Crippen molar-refractivity contribution in [2.45, 2.75) is 25.3 Å². The normalized spacial score (nSPS) is 27.6. The Kier molecular flexibility index (Phi) is 1.18. The van der Waals surface area contributed by atoms with Crippen LogP contribution in [0.15, 0.2) is 12.1 Å². The number of hydrogen-bond acceptors (Lipinski definition) is 3. The summed E-state index contributed by atoms with van der Waals surface area (Å²) in [5.74, 6) is 0.193. The molecule has 1 aliphatic carbocycles. The van der Waals surface area contributed by atoms with Gasteiger partial charge in [-0.25, -0.2) is 0 Å². The molecule has 0 bridgehead atoms. The number of carbonyl (C=O) groups is 1. The Bertz CT molecular complexity index is 453. The minimum absolute atomic E-state index is 0.00600. The van der Waals surface area contributed by atoms with E-state index in [0.29, 0.717) is 12.1 Å². The van der Waals surface area contributed by atoms with Gasteiger partial charge in [-0.05, 0) is 25.5 Å². The molecule has 1 heterocycles. The van der Waals surface area contributed by atoms with Crippen LogP contribution in [-0.2, 0) is 5.54 Å². The molecular weight excluding hydrogens is 176 g/mol. The first-order chi connectivity index (χ1) is 6.62. The molecule has 0 fully saturated rings. The molecule has 3 heteroatoms. The zero-order chi connectivity index (χ0) is 9.92. The summed E-state index contributed by atoms with van der Waals surface area (Å²) in [6, 6.07) is 3.76. The van der Waals surface area contributed by atoms with Gasteiger partial charge in [-0.2, -0.15) is 0 Å². The topological polar surface area (TPSA) is 55.1 Å². The molecule has 0 aromatic heterocycles. The SMILES string of the molecule is CC12CCC(=O)c3c(N)ccc(c31)N2. The van der Waals surface area contributed by atoms with Crippen molar-refractivity contribution in [2.24, 2.45) is 0 Å². The third kappa shape index (κ3) is 0.710. The Morgan fingerprint density at radius 2 is 2.29 bits per heavy atom. The van der Waals surface area contributed by atoms with Gasteiger partial charge in [-0.15, -0.1) is 0 Å². The summed E-state index contributed by atoms with van der Waals surface area (Å²) in [6.45, 7) is 2.13. The van der Waals surface area contributed by atoms with E-state index in [9.17, 15) is 4.79 Å². The smallest absolute Gasteiger partial charge is 0.165 e. The van der Waals surface area contributed by atoms with E-state index in [4.69, 9.17) is 5.73 Å². The summed E-state index contributed by atoms with van der Waals surface area (Å²) in [6.07, 6.45) is 1.49. The number of benzene rings is 1. The summed E-state index contributed by atoms with van der Waals surface area (Å²) in [5, 5.41) is 3.38. The Morgan fingerprint density at radius 3 is 3.00 bits per heavy atom. The van der Waals surface area contributed by atoms with Gasteiger partial charge in [0.05, 0.1) is 5.54 Å². The van der Waals surface area contributed by atoms with Crippen molar-refractivity contribution >= 4 is 17.2 Å². The van der Waals surface area contributed by atoms with E-state index < -0.39 is 0 Å². The first-order valence-electron chi connectivity index (χ1n) is 4.86. The summed E-state index contributed by atoms with van der Waals surface area (Å²) in [7, 11) is 0. The second-order valence-corrected chi connectivity index (χ2v) is 4.33. The molecule has 1 unspecified atom stereocenters. The van der Waals surface area contributed by atoms with Crippen LogP contribution < -0.4 is 11.1 Å². The number of anilines is 2. The number of hydrogen-bond donors (Lipinski definition) is 2. The molecule has 3 N–H and O–H groups in total. The van der Waals surface area contributed by atoms with Crippen molar-refractivity contribution in [3.63, 3.8) is 0 Å². The van der Waals surface area contributed by atoms with Crippen molar-refractivity contribution in [1.29, 1.82) is 0 Å². The molecule has 1 aromatic carbocycles. The van der Waals surface area contributed by atoms with E-state index in [2.05, 4.69) is 12.2 Å². The van der Waals surface area contributed by atoms with Gasteiger partial charge in [0.25, 0.3) is 0 Å². The Hall–Kier alpha value is -1.51. The molecule has 0 saturated carbocycles. The Morgan fingerprint density at radius 1 is 1.50 bits per heavy atom. The first kappa shape index (κ1) is 7.85. The van der Waals surface area contributed by atoms with Crippen LogP contribution in [0.4, 0.5) is 11.4 Å². The number of Topliss-reactive ketones (excluding diaryl/α,β-unsaturated/α-hetero) is 1. The molecule has 3 nitrogen and oxygen atoms in total. The van der Waals surface area contributed by atoms with Gasteiger partial charge in [-0.3, -0.25) is 4.79 Å². The second-order valence-electron chi connectivity index (χ2n) is 4.33. The highest BCUT2D eigenvalue weighted by Crippen LogP contribution is 2.50. The van der Waals surface area contributed by atoms with Gasteiger partial charge >= 0.3 is 0 Å². The lowest BCUT2D eigenvalue weighted by Gasteiger charge is -2.47. The van der Waals surface area contributed by atoms with Crippen LogP contribution in [0.2, 0.25) is 0 Å². The predicted octanol–water partition coefficient (Wildman–Crippen LogP) is 1.89. The molecule has 0 radical (unpaired) electrons. The third-order valence-corrected chi connectivity index (χ3v) is 3.33. The maximum Gasteiger partial charge on any atom is 0.165 e. The lowest BCUT2D eigenvalue weighted by Crippen LogP contribution is -2.46.